The van der Waals surface area contributed by atoms with E-state index in [0.29, 0.717) is 22.4 Å². The summed E-state index contributed by atoms with van der Waals surface area (Å²) in [5.74, 6) is -0.831. The number of carbonyl (C=O) groups is 2. The third-order valence-corrected chi connectivity index (χ3v) is 6.66. The third kappa shape index (κ3) is 5.40. The molecule has 0 fully saturated rings. The highest BCUT2D eigenvalue weighted by Gasteiger charge is 2.21. The number of sulfonamides is 1. The quantitative estimate of drug-likeness (QED) is 0.505. The largest absolute Gasteiger partial charge is 0.464 e. The maximum Gasteiger partial charge on any atom is 0.360 e. The summed E-state index contributed by atoms with van der Waals surface area (Å²) in [6.07, 6.45) is 0. The first-order valence-corrected chi connectivity index (χ1v) is 11.5. The molecule has 0 spiro atoms. The number of aromatic nitrogens is 1. The number of esters is 1. The molecule has 174 valence electrons. The Morgan fingerprint density at radius 2 is 1.67 bits per heavy atom. The number of ether oxygens (including phenoxy) is 1. The Morgan fingerprint density at radius 3 is 2.30 bits per heavy atom. The fourth-order valence-corrected chi connectivity index (χ4v) is 5.10. The van der Waals surface area contributed by atoms with Gasteiger partial charge in [0, 0.05) is 11.6 Å². The molecule has 0 radical (unpaired) electrons. The Labute approximate surface area is 192 Å². The van der Waals surface area contributed by atoms with Crippen LogP contribution in [0.15, 0.2) is 45.8 Å². The zero-order chi connectivity index (χ0) is 24.3. The van der Waals surface area contributed by atoms with Gasteiger partial charge in [-0.2, -0.15) is 0 Å². The normalized spacial score (nSPS) is 11.2. The number of rotatable bonds is 7. The Morgan fingerprint density at radius 1 is 1.00 bits per heavy atom. The molecule has 1 heterocycles. The summed E-state index contributed by atoms with van der Waals surface area (Å²) in [4.78, 5) is 24.3. The van der Waals surface area contributed by atoms with E-state index >= 15 is 0 Å². The average molecular weight is 472 g/mol. The van der Waals surface area contributed by atoms with Gasteiger partial charge in [0.2, 0.25) is 0 Å². The lowest BCUT2D eigenvalue weighted by atomic mass is 10.1. The summed E-state index contributed by atoms with van der Waals surface area (Å²) in [5, 5.41) is 6.22. The van der Waals surface area contributed by atoms with Crippen molar-refractivity contribution in [2.24, 2.45) is 0 Å². The Balaban J connectivity index is 1.78. The van der Waals surface area contributed by atoms with Crippen LogP contribution >= 0.6 is 0 Å². The molecule has 33 heavy (non-hydrogen) atoms. The van der Waals surface area contributed by atoms with Gasteiger partial charge in [-0.15, -0.1) is 0 Å². The molecular formula is C23H25N3O6S. The van der Waals surface area contributed by atoms with E-state index in [0.717, 1.165) is 5.56 Å². The summed E-state index contributed by atoms with van der Waals surface area (Å²) < 4.78 is 38.4. The maximum absolute atomic E-state index is 13.1. The van der Waals surface area contributed by atoms with Crippen molar-refractivity contribution in [1.29, 1.82) is 0 Å². The predicted octanol–water partition coefficient (Wildman–Crippen LogP) is 3.43. The number of hydrogen-bond donors (Lipinski definition) is 2. The zero-order valence-corrected chi connectivity index (χ0v) is 19.8. The molecule has 3 rings (SSSR count). The molecule has 1 aromatic heterocycles. The minimum Gasteiger partial charge on any atom is -0.464 e. The smallest absolute Gasteiger partial charge is 0.360 e. The molecule has 3 aromatic rings. The minimum absolute atomic E-state index is 0.00419. The summed E-state index contributed by atoms with van der Waals surface area (Å²) in [6.45, 7) is 7.14. The van der Waals surface area contributed by atoms with Crippen LogP contribution in [0.3, 0.4) is 0 Å². The van der Waals surface area contributed by atoms with Gasteiger partial charge in [-0.25, -0.2) is 13.2 Å². The predicted molar refractivity (Wildman–Crippen MR) is 122 cm³/mol. The Bertz CT molecular complexity index is 1300. The first-order chi connectivity index (χ1) is 15.5. The second-order valence-electron chi connectivity index (χ2n) is 7.72. The van der Waals surface area contributed by atoms with Crippen LogP contribution in [-0.2, 0) is 21.3 Å². The first-order valence-electron chi connectivity index (χ1n) is 10.0. The van der Waals surface area contributed by atoms with Crippen LogP contribution in [0.4, 0.5) is 5.69 Å². The fraction of sp³-hybridized carbons (Fsp3) is 0.261. The van der Waals surface area contributed by atoms with Crippen molar-refractivity contribution in [2.75, 3.05) is 11.8 Å². The second-order valence-corrected chi connectivity index (χ2v) is 9.34. The second kappa shape index (κ2) is 9.45. The number of nitrogens with zero attached hydrogens (tertiary/aromatic N) is 1. The first kappa shape index (κ1) is 24.0. The van der Waals surface area contributed by atoms with Gasteiger partial charge in [-0.1, -0.05) is 28.9 Å². The van der Waals surface area contributed by atoms with Crippen molar-refractivity contribution in [3.63, 3.8) is 0 Å². The molecule has 2 N–H and O–H groups in total. The summed E-state index contributed by atoms with van der Waals surface area (Å²) >= 11 is 0. The van der Waals surface area contributed by atoms with Crippen LogP contribution in [0.2, 0.25) is 0 Å². The van der Waals surface area contributed by atoms with E-state index in [4.69, 9.17) is 4.52 Å². The topological polar surface area (TPSA) is 128 Å². The SMILES string of the molecule is COC(=O)c1cc(CNC(=O)c2ccc(C)c(NS(=O)(=O)c3c(C)cc(C)cc3C)c2)on1. The van der Waals surface area contributed by atoms with Crippen LogP contribution in [0, 0.1) is 27.7 Å². The number of hydrogen-bond acceptors (Lipinski definition) is 7. The molecule has 0 saturated carbocycles. The number of nitrogens with one attached hydrogen (secondary N) is 2. The van der Waals surface area contributed by atoms with Crippen LogP contribution < -0.4 is 10.0 Å². The lowest BCUT2D eigenvalue weighted by Crippen LogP contribution is -2.23. The van der Waals surface area contributed by atoms with Gasteiger partial charge >= 0.3 is 5.97 Å². The molecule has 0 aliphatic heterocycles. The molecule has 9 nitrogen and oxygen atoms in total. The molecular weight excluding hydrogens is 446 g/mol. The molecule has 0 bridgehead atoms. The molecule has 2 aromatic carbocycles. The Kier molecular flexibility index (Phi) is 6.87. The molecule has 0 unspecified atom stereocenters. The van der Waals surface area contributed by atoms with Gasteiger partial charge in [0.05, 0.1) is 24.2 Å². The highest BCUT2D eigenvalue weighted by atomic mass is 32.2. The van der Waals surface area contributed by atoms with E-state index in [-0.39, 0.29) is 28.5 Å². The lowest BCUT2D eigenvalue weighted by molar-refractivity contribution is 0.0588. The van der Waals surface area contributed by atoms with E-state index in [9.17, 15) is 18.0 Å². The van der Waals surface area contributed by atoms with E-state index in [1.165, 1.54) is 19.2 Å². The maximum atomic E-state index is 13.1. The van der Waals surface area contributed by atoms with Crippen molar-refractivity contribution in [1.82, 2.24) is 10.5 Å². The fourth-order valence-electron chi connectivity index (χ4n) is 3.53. The van der Waals surface area contributed by atoms with E-state index in [1.54, 1.807) is 32.9 Å². The number of anilines is 1. The van der Waals surface area contributed by atoms with Crippen molar-refractivity contribution < 1.29 is 27.3 Å². The number of benzene rings is 2. The van der Waals surface area contributed by atoms with Gasteiger partial charge in [-0.3, -0.25) is 9.52 Å². The monoisotopic (exact) mass is 471 g/mol. The van der Waals surface area contributed by atoms with Crippen LogP contribution in [0.25, 0.3) is 0 Å². The van der Waals surface area contributed by atoms with E-state index in [1.807, 2.05) is 19.1 Å². The number of amides is 1. The summed E-state index contributed by atoms with van der Waals surface area (Å²) in [5.41, 5.74) is 3.48. The van der Waals surface area contributed by atoms with Gasteiger partial charge in [0.15, 0.2) is 11.5 Å². The standard InChI is InChI=1S/C23H25N3O6S/c1-13-8-15(3)21(16(4)9-13)33(29,30)26-19-10-17(7-6-14(19)2)22(27)24-12-18-11-20(25-32-18)23(28)31-5/h6-11,26H,12H2,1-5H3,(H,24,27). The molecule has 0 saturated heterocycles. The lowest BCUT2D eigenvalue weighted by Gasteiger charge is -2.16. The van der Waals surface area contributed by atoms with Crippen LogP contribution in [0.5, 0.6) is 0 Å². The van der Waals surface area contributed by atoms with Crippen molar-refractivity contribution in [3.05, 3.63) is 75.7 Å². The van der Waals surface area contributed by atoms with Gasteiger partial charge in [0.25, 0.3) is 15.9 Å². The zero-order valence-electron chi connectivity index (χ0n) is 19.0. The minimum atomic E-state index is -3.87. The van der Waals surface area contributed by atoms with Crippen LogP contribution in [0.1, 0.15) is 48.9 Å². The highest BCUT2D eigenvalue weighted by molar-refractivity contribution is 7.92. The van der Waals surface area contributed by atoms with Gasteiger partial charge in [0.1, 0.15) is 0 Å². The third-order valence-electron chi connectivity index (χ3n) is 4.99. The molecule has 1 amide bonds. The number of carbonyl (C=O) groups excluding carboxylic acids is 2. The highest BCUT2D eigenvalue weighted by Crippen LogP contribution is 2.26. The summed E-state index contributed by atoms with van der Waals surface area (Å²) in [6, 6.07) is 9.71. The van der Waals surface area contributed by atoms with Crippen molar-refractivity contribution in [3.8, 4) is 0 Å². The number of methoxy groups -OCH3 is 1. The van der Waals surface area contributed by atoms with Crippen LogP contribution in [-0.4, -0.2) is 32.6 Å². The molecule has 0 aliphatic rings. The van der Waals surface area contributed by atoms with Gasteiger partial charge in [-0.05, 0) is 56.5 Å². The molecule has 10 heteroatoms. The Hall–Kier alpha value is -3.66. The van der Waals surface area contributed by atoms with E-state index < -0.39 is 21.9 Å². The molecule has 0 aliphatic carbocycles. The van der Waals surface area contributed by atoms with Crippen molar-refractivity contribution >= 4 is 27.6 Å². The summed E-state index contributed by atoms with van der Waals surface area (Å²) in [7, 11) is -2.64. The van der Waals surface area contributed by atoms with Crippen molar-refractivity contribution in [2.45, 2.75) is 39.1 Å². The average Bonchev–Trinajstić information content (AvgIpc) is 3.21. The van der Waals surface area contributed by atoms with Gasteiger partial charge < -0.3 is 14.6 Å². The van der Waals surface area contributed by atoms with E-state index in [2.05, 4.69) is 19.9 Å². The number of aryl methyl sites for hydroxylation is 4. The molecule has 0 atom stereocenters.